The molecule has 0 bridgehead atoms. The first-order chi connectivity index (χ1) is 11.6. The Kier molecular flexibility index (Phi) is 7.15. The number of hydrogen-bond donors (Lipinski definition) is 1. The molecular formula is C18H22ClN3OS. The number of para-hydroxylation sites is 1. The summed E-state index contributed by atoms with van der Waals surface area (Å²) >= 11 is 7.44. The van der Waals surface area contributed by atoms with Gasteiger partial charge in [-0.1, -0.05) is 35.9 Å². The molecule has 0 saturated heterocycles. The van der Waals surface area contributed by atoms with Gasteiger partial charge in [0.1, 0.15) is 0 Å². The minimum Gasteiger partial charge on any atom is -0.373 e. The Hall–Kier alpha value is -1.98. The molecular weight excluding hydrogens is 342 g/mol. The van der Waals surface area contributed by atoms with Gasteiger partial charge in [-0.3, -0.25) is 0 Å². The molecule has 0 spiro atoms. The second kappa shape index (κ2) is 9.35. The number of halogens is 1. The van der Waals surface area contributed by atoms with Crippen LogP contribution in [0.1, 0.15) is 4.88 Å². The van der Waals surface area contributed by atoms with Crippen molar-refractivity contribution in [1.82, 2.24) is 10.2 Å². The maximum absolute atomic E-state index is 12.4. The summed E-state index contributed by atoms with van der Waals surface area (Å²) in [5, 5.41) is 2.96. The summed E-state index contributed by atoms with van der Waals surface area (Å²) < 4.78 is 0.730. The van der Waals surface area contributed by atoms with E-state index in [2.05, 4.69) is 16.8 Å². The summed E-state index contributed by atoms with van der Waals surface area (Å²) in [6.07, 6.45) is 1.73. The molecule has 128 valence electrons. The molecule has 2 aromatic rings. The Labute approximate surface area is 152 Å². The number of anilines is 1. The van der Waals surface area contributed by atoms with Crippen molar-refractivity contribution in [2.75, 3.05) is 31.6 Å². The molecule has 24 heavy (non-hydrogen) atoms. The average Bonchev–Trinajstić information content (AvgIpc) is 3.00. The zero-order valence-electron chi connectivity index (χ0n) is 13.7. The van der Waals surface area contributed by atoms with E-state index in [1.807, 2.05) is 49.5 Å². The van der Waals surface area contributed by atoms with E-state index in [1.165, 1.54) is 11.3 Å². The lowest BCUT2D eigenvalue weighted by atomic mass is 10.3. The Morgan fingerprint density at radius 3 is 2.67 bits per heavy atom. The summed E-state index contributed by atoms with van der Waals surface area (Å²) in [5.74, 6) is 0. The van der Waals surface area contributed by atoms with Crippen molar-refractivity contribution in [1.29, 1.82) is 0 Å². The van der Waals surface area contributed by atoms with Crippen LogP contribution < -0.4 is 10.2 Å². The number of hydrogen-bond acceptors (Lipinski definition) is 3. The monoisotopic (exact) mass is 363 g/mol. The lowest BCUT2D eigenvalue weighted by molar-refractivity contribution is 0.202. The average molecular weight is 364 g/mol. The van der Waals surface area contributed by atoms with Gasteiger partial charge in [0.2, 0.25) is 0 Å². The highest BCUT2D eigenvalue weighted by Crippen LogP contribution is 2.22. The van der Waals surface area contributed by atoms with Gasteiger partial charge < -0.3 is 15.1 Å². The van der Waals surface area contributed by atoms with E-state index in [9.17, 15) is 4.79 Å². The summed E-state index contributed by atoms with van der Waals surface area (Å²) in [6.45, 7) is 6.06. The van der Waals surface area contributed by atoms with E-state index >= 15 is 0 Å². The number of rotatable bonds is 8. The van der Waals surface area contributed by atoms with Gasteiger partial charge in [0.15, 0.2) is 0 Å². The zero-order valence-corrected chi connectivity index (χ0v) is 15.3. The van der Waals surface area contributed by atoms with Crippen molar-refractivity contribution in [2.45, 2.75) is 6.54 Å². The van der Waals surface area contributed by atoms with Crippen LogP contribution in [0.2, 0.25) is 4.34 Å². The van der Waals surface area contributed by atoms with E-state index in [-0.39, 0.29) is 6.03 Å². The van der Waals surface area contributed by atoms with Gasteiger partial charge in [-0.05, 0) is 24.3 Å². The molecule has 0 aliphatic rings. The van der Waals surface area contributed by atoms with Crippen molar-refractivity contribution < 1.29 is 4.79 Å². The molecule has 0 atom stereocenters. The minimum absolute atomic E-state index is 0.0964. The van der Waals surface area contributed by atoms with E-state index in [4.69, 9.17) is 11.6 Å². The van der Waals surface area contributed by atoms with Gasteiger partial charge in [-0.2, -0.15) is 0 Å². The van der Waals surface area contributed by atoms with Crippen molar-refractivity contribution in [2.24, 2.45) is 0 Å². The molecule has 0 aliphatic carbocycles. The first kappa shape index (κ1) is 18.4. The van der Waals surface area contributed by atoms with Crippen molar-refractivity contribution in [3.63, 3.8) is 0 Å². The van der Waals surface area contributed by atoms with Gasteiger partial charge in [0.25, 0.3) is 0 Å². The van der Waals surface area contributed by atoms with Gasteiger partial charge in [0, 0.05) is 37.2 Å². The minimum atomic E-state index is -0.0964. The molecule has 1 N–H and O–H groups in total. The second-order valence-corrected chi connectivity index (χ2v) is 7.16. The number of nitrogens with zero attached hydrogens (tertiary/aromatic N) is 2. The second-order valence-electron chi connectivity index (χ2n) is 5.36. The molecule has 0 aliphatic heterocycles. The third kappa shape index (κ3) is 5.58. The van der Waals surface area contributed by atoms with Crippen molar-refractivity contribution >= 4 is 34.7 Å². The lowest BCUT2D eigenvalue weighted by Crippen LogP contribution is -2.42. The highest BCUT2D eigenvalue weighted by atomic mass is 35.5. The number of carbonyl (C=O) groups excluding carboxylic acids is 1. The fourth-order valence-electron chi connectivity index (χ4n) is 2.25. The van der Waals surface area contributed by atoms with Crippen LogP contribution in [-0.4, -0.2) is 37.6 Å². The summed E-state index contributed by atoms with van der Waals surface area (Å²) in [5.41, 5.74) is 1.13. The van der Waals surface area contributed by atoms with Gasteiger partial charge in [0.05, 0.1) is 10.9 Å². The number of benzene rings is 1. The van der Waals surface area contributed by atoms with Gasteiger partial charge in [-0.25, -0.2) is 4.79 Å². The number of carbonyl (C=O) groups is 1. The molecule has 0 radical (unpaired) electrons. The molecule has 0 unspecified atom stereocenters. The predicted molar refractivity (Wildman–Crippen MR) is 103 cm³/mol. The quantitative estimate of drug-likeness (QED) is 0.712. The van der Waals surface area contributed by atoms with Crippen LogP contribution in [0.15, 0.2) is 55.1 Å². The highest BCUT2D eigenvalue weighted by Gasteiger charge is 2.13. The summed E-state index contributed by atoms with van der Waals surface area (Å²) in [4.78, 5) is 17.3. The fourth-order valence-corrected chi connectivity index (χ4v) is 3.36. The van der Waals surface area contributed by atoms with Crippen LogP contribution in [0.5, 0.6) is 0 Å². The molecule has 1 aromatic carbocycles. The lowest BCUT2D eigenvalue weighted by Gasteiger charge is -2.23. The smallest absolute Gasteiger partial charge is 0.318 e. The number of amides is 2. The maximum Gasteiger partial charge on any atom is 0.318 e. The standard InChI is InChI=1S/C18H22ClN3OS/c1-3-12-22(14-16-9-10-17(19)24-16)18(23)20-11-13-21(2)15-7-5-4-6-8-15/h3-10H,1,11-14H2,2H3,(H,20,23). The molecule has 0 fully saturated rings. The van der Waals surface area contributed by atoms with Crippen LogP contribution in [0, 0.1) is 0 Å². The molecule has 2 rings (SSSR count). The van der Waals surface area contributed by atoms with E-state index in [1.54, 1.807) is 11.0 Å². The van der Waals surface area contributed by atoms with Crippen LogP contribution in [0.25, 0.3) is 0 Å². The van der Waals surface area contributed by atoms with Crippen molar-refractivity contribution in [3.8, 4) is 0 Å². The Balaban J connectivity index is 1.83. The number of urea groups is 1. The third-order valence-electron chi connectivity index (χ3n) is 3.53. The summed E-state index contributed by atoms with van der Waals surface area (Å²) in [7, 11) is 2.01. The first-order valence-corrected chi connectivity index (χ1v) is 8.93. The van der Waals surface area contributed by atoms with Crippen molar-refractivity contribution in [3.05, 3.63) is 64.3 Å². The molecule has 0 saturated carbocycles. The molecule has 4 nitrogen and oxygen atoms in total. The van der Waals surface area contributed by atoms with Crippen LogP contribution in [-0.2, 0) is 6.54 Å². The highest BCUT2D eigenvalue weighted by molar-refractivity contribution is 7.16. The van der Waals surface area contributed by atoms with Gasteiger partial charge >= 0.3 is 6.03 Å². The Morgan fingerprint density at radius 2 is 2.04 bits per heavy atom. The summed E-state index contributed by atoms with van der Waals surface area (Å²) in [6, 6.07) is 13.8. The molecule has 1 heterocycles. The van der Waals surface area contributed by atoms with E-state index in [0.717, 1.165) is 21.4 Å². The zero-order chi connectivity index (χ0) is 17.4. The van der Waals surface area contributed by atoms with E-state index < -0.39 is 0 Å². The number of nitrogens with one attached hydrogen (secondary N) is 1. The first-order valence-electron chi connectivity index (χ1n) is 7.74. The van der Waals surface area contributed by atoms with Gasteiger partial charge in [-0.15, -0.1) is 17.9 Å². The number of thiophene rings is 1. The maximum atomic E-state index is 12.4. The third-order valence-corrected chi connectivity index (χ3v) is 4.75. The van der Waals surface area contributed by atoms with E-state index in [0.29, 0.717) is 19.6 Å². The Bertz CT molecular complexity index is 659. The molecule has 6 heteroatoms. The van der Waals surface area contributed by atoms with Crippen LogP contribution in [0.3, 0.4) is 0 Å². The van der Waals surface area contributed by atoms with Crippen LogP contribution >= 0.6 is 22.9 Å². The largest absolute Gasteiger partial charge is 0.373 e. The normalized spacial score (nSPS) is 10.2. The fraction of sp³-hybridized carbons (Fsp3) is 0.278. The van der Waals surface area contributed by atoms with Crippen LogP contribution in [0.4, 0.5) is 10.5 Å². The molecule has 2 amide bonds. The topological polar surface area (TPSA) is 35.6 Å². The SMILES string of the molecule is C=CCN(Cc1ccc(Cl)s1)C(=O)NCCN(C)c1ccccc1. The number of likely N-dealkylation sites (N-methyl/N-ethyl adjacent to an activating group) is 1. The Morgan fingerprint density at radius 1 is 1.29 bits per heavy atom. The predicted octanol–water partition coefficient (Wildman–Crippen LogP) is 4.24. The molecule has 1 aromatic heterocycles.